The van der Waals surface area contributed by atoms with Gasteiger partial charge >= 0.3 is 0 Å². The fourth-order valence-corrected chi connectivity index (χ4v) is 2.29. The van der Waals surface area contributed by atoms with Crippen molar-refractivity contribution < 1.29 is 13.3 Å². The van der Waals surface area contributed by atoms with Crippen LogP contribution in [-0.4, -0.2) is 15.4 Å². The molecule has 0 saturated carbocycles. The van der Waals surface area contributed by atoms with Crippen LogP contribution in [0.3, 0.4) is 0 Å². The van der Waals surface area contributed by atoms with Crippen molar-refractivity contribution in [2.24, 2.45) is 0 Å². The molecule has 108 valence electrons. The number of rotatable bonds is 5. The first-order chi connectivity index (χ1) is 9.51. The average molecular weight is 299 g/mol. The number of nitrogens with two attached hydrogens (primary N) is 1. The van der Waals surface area contributed by atoms with Gasteiger partial charge in [-0.2, -0.15) is 16.7 Å². The highest BCUT2D eigenvalue weighted by Gasteiger charge is 2.15. The maximum atomic E-state index is 13.2. The fraction of sp³-hybridized carbons (Fsp3) is 0.385. The zero-order chi connectivity index (χ0) is 14.7. The number of thioether (sulfide) groups is 1. The minimum atomic E-state index is -1.00. The van der Waals surface area contributed by atoms with Crippen molar-refractivity contribution in [1.29, 1.82) is 0 Å². The molecule has 0 aliphatic rings. The monoisotopic (exact) mass is 299 g/mol. The van der Waals surface area contributed by atoms with Gasteiger partial charge in [0.1, 0.15) is 0 Å². The van der Waals surface area contributed by atoms with E-state index in [2.05, 4.69) is 24.0 Å². The Morgan fingerprint density at radius 2 is 2.05 bits per heavy atom. The summed E-state index contributed by atoms with van der Waals surface area (Å²) >= 11 is 1.70. The van der Waals surface area contributed by atoms with Crippen molar-refractivity contribution in [2.75, 3.05) is 5.73 Å². The van der Waals surface area contributed by atoms with Crippen molar-refractivity contribution in [3.63, 3.8) is 0 Å². The second-order valence-electron chi connectivity index (χ2n) is 4.40. The Morgan fingerprint density at radius 3 is 2.75 bits per heavy atom. The topological polar surface area (TPSA) is 64.9 Å². The predicted octanol–water partition coefficient (Wildman–Crippen LogP) is 3.63. The predicted molar refractivity (Wildman–Crippen MR) is 75.1 cm³/mol. The molecule has 1 aromatic carbocycles. The summed E-state index contributed by atoms with van der Waals surface area (Å²) in [6, 6.07) is 1.87. The van der Waals surface area contributed by atoms with Crippen molar-refractivity contribution >= 4 is 17.4 Å². The first kappa shape index (κ1) is 14.8. The lowest BCUT2D eigenvalue weighted by Gasteiger charge is -2.04. The number of aromatic nitrogens is 2. The van der Waals surface area contributed by atoms with Crippen molar-refractivity contribution in [3.8, 4) is 11.5 Å². The summed E-state index contributed by atoms with van der Waals surface area (Å²) in [6.07, 6.45) is 1.05. The van der Waals surface area contributed by atoms with Crippen LogP contribution in [0.15, 0.2) is 16.7 Å². The molecule has 0 aliphatic carbocycles. The highest BCUT2D eigenvalue weighted by atomic mass is 32.2. The largest absolute Gasteiger partial charge is 0.398 e. The number of anilines is 1. The lowest BCUT2D eigenvalue weighted by atomic mass is 10.1. The standard InChI is InChI=1S/C13H15F2N3OS/c1-3-7(2)20-6-12-17-13(19-18-12)8-4-9(14)10(15)5-11(8)16/h4-5,7H,3,6,16H2,1-2H3. The summed E-state index contributed by atoms with van der Waals surface area (Å²) in [6.45, 7) is 4.21. The normalized spacial score (nSPS) is 12.6. The summed E-state index contributed by atoms with van der Waals surface area (Å²) in [5, 5.41) is 4.30. The first-order valence-electron chi connectivity index (χ1n) is 6.20. The summed E-state index contributed by atoms with van der Waals surface area (Å²) in [5.74, 6) is -0.793. The lowest BCUT2D eigenvalue weighted by Crippen LogP contribution is -1.96. The molecule has 20 heavy (non-hydrogen) atoms. The third kappa shape index (κ3) is 3.27. The number of benzene rings is 1. The number of hydrogen-bond acceptors (Lipinski definition) is 5. The van der Waals surface area contributed by atoms with Crippen LogP contribution in [0.2, 0.25) is 0 Å². The number of hydrogen-bond donors (Lipinski definition) is 1. The SMILES string of the molecule is CCC(C)SCc1noc(-c2cc(F)c(F)cc2N)n1. The van der Waals surface area contributed by atoms with E-state index in [1.54, 1.807) is 11.8 Å². The van der Waals surface area contributed by atoms with Gasteiger partial charge in [0.15, 0.2) is 17.5 Å². The maximum Gasteiger partial charge on any atom is 0.260 e. The summed E-state index contributed by atoms with van der Waals surface area (Å²) < 4.78 is 31.3. The molecule has 0 bridgehead atoms. The maximum absolute atomic E-state index is 13.2. The van der Waals surface area contributed by atoms with Crippen LogP contribution >= 0.6 is 11.8 Å². The van der Waals surface area contributed by atoms with Crippen LogP contribution in [-0.2, 0) is 5.75 Å². The van der Waals surface area contributed by atoms with E-state index in [1.807, 2.05) is 0 Å². The van der Waals surface area contributed by atoms with Crippen LogP contribution in [0.25, 0.3) is 11.5 Å². The van der Waals surface area contributed by atoms with Gasteiger partial charge < -0.3 is 10.3 Å². The number of nitrogen functional groups attached to an aromatic ring is 1. The Bertz CT molecular complexity index is 603. The zero-order valence-corrected chi connectivity index (χ0v) is 12.0. The van der Waals surface area contributed by atoms with E-state index in [1.165, 1.54) is 0 Å². The van der Waals surface area contributed by atoms with E-state index in [0.717, 1.165) is 18.6 Å². The highest BCUT2D eigenvalue weighted by molar-refractivity contribution is 7.99. The second-order valence-corrected chi connectivity index (χ2v) is 5.83. The molecule has 4 nitrogen and oxygen atoms in total. The number of nitrogens with zero attached hydrogens (tertiary/aromatic N) is 2. The van der Waals surface area contributed by atoms with E-state index < -0.39 is 11.6 Å². The Balaban J connectivity index is 2.18. The molecule has 0 spiro atoms. The molecule has 2 rings (SSSR count). The van der Waals surface area contributed by atoms with Gasteiger partial charge in [0.05, 0.1) is 11.3 Å². The molecule has 2 N–H and O–H groups in total. The van der Waals surface area contributed by atoms with Gasteiger partial charge in [-0.1, -0.05) is 19.0 Å². The van der Waals surface area contributed by atoms with Gasteiger partial charge in [0.2, 0.25) is 0 Å². The Kier molecular flexibility index (Phi) is 4.59. The number of halogens is 2. The van der Waals surface area contributed by atoms with Crippen molar-refractivity contribution in [1.82, 2.24) is 10.1 Å². The van der Waals surface area contributed by atoms with E-state index in [9.17, 15) is 8.78 Å². The van der Waals surface area contributed by atoms with Crippen LogP contribution in [0, 0.1) is 11.6 Å². The van der Waals surface area contributed by atoms with E-state index in [0.29, 0.717) is 16.8 Å². The minimum Gasteiger partial charge on any atom is -0.398 e. The average Bonchev–Trinajstić information content (AvgIpc) is 2.88. The van der Waals surface area contributed by atoms with Crippen molar-refractivity contribution in [2.45, 2.75) is 31.3 Å². The first-order valence-corrected chi connectivity index (χ1v) is 7.25. The molecule has 0 radical (unpaired) electrons. The molecule has 1 atom stereocenters. The highest BCUT2D eigenvalue weighted by Crippen LogP contribution is 2.27. The molecular weight excluding hydrogens is 284 g/mol. The Hall–Kier alpha value is -1.63. The molecular formula is C13H15F2N3OS. The third-order valence-corrected chi connectivity index (χ3v) is 4.19. The Morgan fingerprint density at radius 1 is 1.35 bits per heavy atom. The molecule has 1 aromatic heterocycles. The molecule has 0 saturated heterocycles. The van der Waals surface area contributed by atoms with Crippen LogP contribution in [0.4, 0.5) is 14.5 Å². The van der Waals surface area contributed by atoms with Gasteiger partial charge in [0, 0.05) is 17.0 Å². The van der Waals surface area contributed by atoms with Crippen LogP contribution in [0.1, 0.15) is 26.1 Å². The van der Waals surface area contributed by atoms with E-state index in [-0.39, 0.29) is 17.1 Å². The Labute approximate surface area is 119 Å². The lowest BCUT2D eigenvalue weighted by molar-refractivity contribution is 0.424. The molecule has 7 heteroatoms. The molecule has 0 fully saturated rings. The summed E-state index contributed by atoms with van der Waals surface area (Å²) in [7, 11) is 0. The van der Waals surface area contributed by atoms with Gasteiger partial charge in [-0.05, 0) is 12.5 Å². The minimum absolute atomic E-state index is 0.0636. The molecule has 1 heterocycles. The molecule has 1 unspecified atom stereocenters. The zero-order valence-electron chi connectivity index (χ0n) is 11.2. The van der Waals surface area contributed by atoms with Gasteiger partial charge in [-0.15, -0.1) is 0 Å². The van der Waals surface area contributed by atoms with Gasteiger partial charge in [-0.25, -0.2) is 8.78 Å². The summed E-state index contributed by atoms with van der Waals surface area (Å²) in [5.41, 5.74) is 5.90. The molecule has 2 aromatic rings. The van der Waals surface area contributed by atoms with Crippen LogP contribution in [0.5, 0.6) is 0 Å². The van der Waals surface area contributed by atoms with Gasteiger partial charge in [0.25, 0.3) is 5.89 Å². The fourth-order valence-electron chi connectivity index (χ4n) is 1.50. The van der Waals surface area contributed by atoms with E-state index in [4.69, 9.17) is 10.3 Å². The van der Waals surface area contributed by atoms with Crippen LogP contribution < -0.4 is 5.73 Å². The smallest absolute Gasteiger partial charge is 0.260 e. The second kappa shape index (κ2) is 6.21. The quantitative estimate of drug-likeness (QED) is 0.854. The van der Waals surface area contributed by atoms with E-state index >= 15 is 0 Å². The van der Waals surface area contributed by atoms with Gasteiger partial charge in [-0.3, -0.25) is 0 Å². The summed E-state index contributed by atoms with van der Waals surface area (Å²) in [4.78, 5) is 4.15. The third-order valence-electron chi connectivity index (χ3n) is 2.86. The molecule has 0 amide bonds. The van der Waals surface area contributed by atoms with Crippen molar-refractivity contribution in [3.05, 3.63) is 29.6 Å². The molecule has 0 aliphatic heterocycles.